The Bertz CT molecular complexity index is 643. The molecule has 2 N–H and O–H groups in total. The number of aliphatic hydroxyl groups is 1. The van der Waals surface area contributed by atoms with Crippen molar-refractivity contribution in [2.24, 2.45) is 0 Å². The van der Waals surface area contributed by atoms with Crippen LogP contribution >= 0.6 is 15.9 Å². The summed E-state index contributed by atoms with van der Waals surface area (Å²) in [5, 5.41) is 11.9. The summed E-state index contributed by atoms with van der Waals surface area (Å²) in [4.78, 5) is 24.9. The molecule has 1 heterocycles. The Kier molecular flexibility index (Phi) is 5.89. The van der Waals surface area contributed by atoms with Crippen molar-refractivity contribution in [2.75, 3.05) is 32.7 Å². The lowest BCUT2D eigenvalue weighted by Crippen LogP contribution is -2.34. The number of rotatable bonds is 7. The van der Waals surface area contributed by atoms with E-state index in [1.807, 2.05) is 0 Å². The van der Waals surface area contributed by atoms with Crippen molar-refractivity contribution in [3.8, 4) is 0 Å². The molecule has 0 atom stereocenters. The van der Waals surface area contributed by atoms with Crippen LogP contribution in [0.5, 0.6) is 0 Å². The van der Waals surface area contributed by atoms with Gasteiger partial charge in [0.05, 0.1) is 13.2 Å². The van der Waals surface area contributed by atoms with Gasteiger partial charge in [0, 0.05) is 36.0 Å². The van der Waals surface area contributed by atoms with Crippen molar-refractivity contribution in [3.05, 3.63) is 40.0 Å². The highest BCUT2D eigenvalue weighted by atomic mass is 79.9. The number of benzene rings is 1. The molecule has 0 aliphatic carbocycles. The average Bonchev–Trinajstić information content (AvgIpc) is 2.79. The van der Waals surface area contributed by atoms with Crippen molar-refractivity contribution in [2.45, 2.75) is 6.29 Å². The first-order valence-corrected chi connectivity index (χ1v) is 7.61. The van der Waals surface area contributed by atoms with Crippen LogP contribution in [0.2, 0.25) is 0 Å². The monoisotopic (exact) mass is 384 g/mol. The van der Waals surface area contributed by atoms with Gasteiger partial charge in [-0.2, -0.15) is 0 Å². The van der Waals surface area contributed by atoms with Crippen LogP contribution in [0.25, 0.3) is 0 Å². The maximum Gasteiger partial charge on any atom is 0.277 e. The summed E-state index contributed by atoms with van der Waals surface area (Å²) in [5.41, 5.74) is 1.39. The van der Waals surface area contributed by atoms with Crippen LogP contribution in [-0.2, 0) is 19.1 Å². The van der Waals surface area contributed by atoms with Crippen molar-refractivity contribution >= 4 is 33.4 Å². The second-order valence-corrected chi connectivity index (χ2v) is 5.65. The molecule has 23 heavy (non-hydrogen) atoms. The van der Waals surface area contributed by atoms with Crippen LogP contribution in [0.4, 0.5) is 5.69 Å². The molecule has 1 aliphatic rings. The number of carbonyl (C=O) groups is 2. The van der Waals surface area contributed by atoms with E-state index in [0.29, 0.717) is 11.3 Å². The van der Waals surface area contributed by atoms with E-state index in [0.717, 1.165) is 9.37 Å². The highest BCUT2D eigenvalue weighted by molar-refractivity contribution is 9.10. The Balaban J connectivity index is 2.29. The number of ether oxygens (including phenoxy) is 2. The highest BCUT2D eigenvalue weighted by Gasteiger charge is 2.31. The Morgan fingerprint density at radius 2 is 2.00 bits per heavy atom. The Morgan fingerprint density at radius 1 is 1.30 bits per heavy atom. The fourth-order valence-corrected chi connectivity index (χ4v) is 2.63. The van der Waals surface area contributed by atoms with E-state index < -0.39 is 18.1 Å². The van der Waals surface area contributed by atoms with Gasteiger partial charge in [0.1, 0.15) is 5.70 Å². The first-order valence-electron chi connectivity index (χ1n) is 6.82. The molecule has 1 aromatic rings. The summed E-state index contributed by atoms with van der Waals surface area (Å²) < 4.78 is 11.3. The van der Waals surface area contributed by atoms with Gasteiger partial charge in [-0.3, -0.25) is 14.5 Å². The average molecular weight is 385 g/mol. The highest BCUT2D eigenvalue weighted by Crippen LogP contribution is 2.30. The summed E-state index contributed by atoms with van der Waals surface area (Å²) >= 11 is 3.38. The summed E-state index contributed by atoms with van der Waals surface area (Å²) in [6.07, 6.45) is 0.578. The van der Waals surface area contributed by atoms with E-state index in [-0.39, 0.29) is 18.8 Å². The van der Waals surface area contributed by atoms with E-state index in [9.17, 15) is 9.59 Å². The van der Waals surface area contributed by atoms with Gasteiger partial charge in [0.2, 0.25) is 0 Å². The normalized spacial score (nSPS) is 14.7. The first-order chi connectivity index (χ1) is 11.0. The van der Waals surface area contributed by atoms with E-state index in [2.05, 4.69) is 21.2 Å². The summed E-state index contributed by atoms with van der Waals surface area (Å²) in [7, 11) is 3.01. The fourth-order valence-electron chi connectivity index (χ4n) is 2.25. The van der Waals surface area contributed by atoms with E-state index in [1.165, 1.54) is 20.3 Å². The van der Waals surface area contributed by atoms with Crippen LogP contribution in [0.15, 0.2) is 34.4 Å². The molecular weight excluding hydrogens is 368 g/mol. The van der Waals surface area contributed by atoms with Crippen molar-refractivity contribution < 1.29 is 24.2 Å². The molecule has 0 saturated carbocycles. The Morgan fingerprint density at radius 3 is 2.61 bits per heavy atom. The third-order valence-electron chi connectivity index (χ3n) is 3.30. The number of methoxy groups -OCH3 is 2. The van der Waals surface area contributed by atoms with E-state index in [4.69, 9.17) is 14.6 Å². The van der Waals surface area contributed by atoms with Gasteiger partial charge in [-0.1, -0.05) is 15.9 Å². The molecule has 2 rings (SSSR count). The zero-order chi connectivity index (χ0) is 17.0. The maximum atomic E-state index is 12.2. The van der Waals surface area contributed by atoms with Crippen LogP contribution in [0.3, 0.4) is 0 Å². The molecule has 0 fully saturated rings. The number of hydrogen-bond acceptors (Lipinski definition) is 6. The number of nitrogens with one attached hydrogen (secondary N) is 1. The zero-order valence-corrected chi connectivity index (χ0v) is 14.3. The third kappa shape index (κ3) is 3.78. The number of carbonyl (C=O) groups excluding carboxylic acids is 2. The number of halogens is 1. The van der Waals surface area contributed by atoms with Crippen molar-refractivity contribution in [3.63, 3.8) is 0 Å². The number of amides is 2. The van der Waals surface area contributed by atoms with Crippen LogP contribution in [0, 0.1) is 0 Å². The van der Waals surface area contributed by atoms with Gasteiger partial charge >= 0.3 is 0 Å². The largest absolute Gasteiger partial charge is 0.395 e. The topological polar surface area (TPSA) is 88.1 Å². The smallest absolute Gasteiger partial charge is 0.277 e. The second-order valence-electron chi connectivity index (χ2n) is 4.74. The minimum absolute atomic E-state index is 0.0364. The number of nitrogens with zero attached hydrogens (tertiary/aromatic N) is 1. The number of imide groups is 1. The third-order valence-corrected chi connectivity index (χ3v) is 3.79. The quantitative estimate of drug-likeness (QED) is 0.545. The molecular formula is C15H17BrN2O5. The SMILES string of the molecule is COC(OC)c1cc(Br)ccc1NC1=CC(=O)N(CCO)C1=O. The zero-order valence-electron chi connectivity index (χ0n) is 12.7. The standard InChI is InChI=1S/C15H17BrN2O5/c1-22-15(23-2)10-7-9(16)3-4-11(10)17-12-8-13(20)18(5-6-19)14(12)21/h3-4,7-8,15,17,19H,5-6H2,1-2H3. The minimum atomic E-state index is -0.628. The maximum absolute atomic E-state index is 12.2. The van der Waals surface area contributed by atoms with Gasteiger partial charge < -0.3 is 19.9 Å². The summed E-state index contributed by atoms with van der Waals surface area (Å²) in [6.45, 7) is -0.317. The molecule has 7 nitrogen and oxygen atoms in total. The molecule has 8 heteroatoms. The van der Waals surface area contributed by atoms with Gasteiger partial charge in [-0.05, 0) is 18.2 Å². The first kappa shape index (κ1) is 17.6. The summed E-state index contributed by atoms with van der Waals surface area (Å²) in [5.74, 6) is -0.940. The van der Waals surface area contributed by atoms with Gasteiger partial charge in [-0.15, -0.1) is 0 Å². The lowest BCUT2D eigenvalue weighted by molar-refractivity contribution is -0.137. The number of hydrogen-bond donors (Lipinski definition) is 2. The van der Waals surface area contributed by atoms with Gasteiger partial charge in [0.15, 0.2) is 6.29 Å². The van der Waals surface area contributed by atoms with Crippen LogP contribution in [0.1, 0.15) is 11.9 Å². The van der Waals surface area contributed by atoms with Crippen molar-refractivity contribution in [1.29, 1.82) is 0 Å². The number of β-amino-alcohol motifs (C(OH)–C–C–N with tert-alkyl or cyclic N) is 1. The molecule has 0 aromatic heterocycles. The Hall–Kier alpha value is -1.74. The van der Waals surface area contributed by atoms with Gasteiger partial charge in [0.25, 0.3) is 11.8 Å². The fraction of sp³-hybridized carbons (Fsp3) is 0.333. The number of anilines is 1. The minimum Gasteiger partial charge on any atom is -0.395 e. The summed E-state index contributed by atoms with van der Waals surface area (Å²) in [6, 6.07) is 5.34. The van der Waals surface area contributed by atoms with E-state index in [1.54, 1.807) is 18.2 Å². The molecule has 0 radical (unpaired) electrons. The Labute approximate surface area is 142 Å². The molecule has 0 unspecified atom stereocenters. The number of aliphatic hydroxyl groups excluding tert-OH is 1. The van der Waals surface area contributed by atoms with Crippen LogP contribution in [-0.4, -0.2) is 49.2 Å². The molecule has 0 bridgehead atoms. The molecule has 0 saturated heterocycles. The predicted octanol–water partition coefficient (Wildman–Crippen LogP) is 1.40. The molecule has 2 amide bonds. The molecule has 1 aliphatic heterocycles. The van der Waals surface area contributed by atoms with Crippen molar-refractivity contribution in [1.82, 2.24) is 4.90 Å². The van der Waals surface area contributed by atoms with E-state index >= 15 is 0 Å². The lowest BCUT2D eigenvalue weighted by Gasteiger charge is -2.19. The van der Waals surface area contributed by atoms with Gasteiger partial charge in [-0.25, -0.2) is 0 Å². The second kappa shape index (κ2) is 7.69. The molecule has 1 aromatic carbocycles. The lowest BCUT2D eigenvalue weighted by atomic mass is 10.1. The van der Waals surface area contributed by atoms with Crippen LogP contribution < -0.4 is 5.32 Å². The molecule has 0 spiro atoms. The predicted molar refractivity (Wildman–Crippen MR) is 86.4 cm³/mol. The molecule has 124 valence electrons.